The van der Waals surface area contributed by atoms with E-state index in [-0.39, 0.29) is 28.7 Å². The first kappa shape index (κ1) is 19.9. The van der Waals surface area contributed by atoms with Gasteiger partial charge in [-0.05, 0) is 32.0 Å². The smallest absolute Gasteiger partial charge is 0.265 e. The molecule has 0 saturated carbocycles. The third-order valence-electron chi connectivity index (χ3n) is 5.18. The number of hydrogen-bond donors (Lipinski definition) is 1. The first-order valence-corrected chi connectivity index (χ1v) is 11.0. The number of ether oxygens (including phenoxy) is 2. The molecule has 0 spiro atoms. The molecule has 0 saturated heterocycles. The van der Waals surface area contributed by atoms with Gasteiger partial charge in [0.05, 0.1) is 18.2 Å². The third kappa shape index (κ3) is 2.82. The summed E-state index contributed by atoms with van der Waals surface area (Å²) in [6, 6.07) is 16.2. The second-order valence-electron chi connectivity index (χ2n) is 6.78. The molecule has 7 nitrogen and oxygen atoms in total. The molecule has 0 bridgehead atoms. The van der Waals surface area contributed by atoms with Crippen LogP contribution in [0.2, 0.25) is 0 Å². The average molecular weight is 423 g/mol. The van der Waals surface area contributed by atoms with Crippen molar-refractivity contribution >= 4 is 21.5 Å². The lowest BCUT2D eigenvalue weighted by molar-refractivity contribution is 0.333. The fourth-order valence-corrected chi connectivity index (χ4v) is 5.89. The van der Waals surface area contributed by atoms with Crippen LogP contribution in [0.3, 0.4) is 0 Å². The van der Waals surface area contributed by atoms with Crippen LogP contribution in [0.25, 0.3) is 5.76 Å². The first-order valence-electron chi connectivity index (χ1n) is 9.61. The SMILES string of the molecule is CCOc1ccccc1[C@H]1C(C#N)=C(N)OC2=C1S(=O)(=O)N(CC)c1ccccc12. The predicted molar refractivity (Wildman–Crippen MR) is 114 cm³/mol. The van der Waals surface area contributed by atoms with Crippen molar-refractivity contribution in [3.8, 4) is 11.8 Å². The minimum absolute atomic E-state index is 0.000882. The fraction of sp³-hybridized carbons (Fsp3) is 0.227. The number of nitrogens with two attached hydrogens (primary N) is 1. The van der Waals surface area contributed by atoms with E-state index in [1.54, 1.807) is 55.5 Å². The summed E-state index contributed by atoms with van der Waals surface area (Å²) in [6.07, 6.45) is 0. The average Bonchev–Trinajstić information content (AvgIpc) is 2.73. The van der Waals surface area contributed by atoms with E-state index < -0.39 is 15.9 Å². The monoisotopic (exact) mass is 423 g/mol. The molecule has 8 heteroatoms. The molecule has 2 aromatic rings. The zero-order valence-corrected chi connectivity index (χ0v) is 17.4. The second-order valence-corrected chi connectivity index (χ2v) is 8.61. The van der Waals surface area contributed by atoms with Crippen molar-refractivity contribution in [1.29, 1.82) is 5.26 Å². The van der Waals surface area contributed by atoms with Gasteiger partial charge in [-0.2, -0.15) is 5.26 Å². The number of fused-ring (bicyclic) bond motifs is 2. The number of para-hydroxylation sites is 2. The number of rotatable bonds is 4. The minimum Gasteiger partial charge on any atom is -0.494 e. The van der Waals surface area contributed by atoms with Crippen LogP contribution in [-0.4, -0.2) is 21.6 Å². The number of nitrogens with zero attached hydrogens (tertiary/aromatic N) is 2. The standard InChI is InChI=1S/C22H21N3O4S/c1-3-25-17-11-7-5-9-14(17)20-21(30(25,26)27)19(16(13-23)22(24)29-20)15-10-6-8-12-18(15)28-4-2/h5-12,19H,3-4,24H2,1-2H3/t19-/m0/s1. The predicted octanol–water partition coefficient (Wildman–Crippen LogP) is 3.43. The van der Waals surface area contributed by atoms with Gasteiger partial charge in [-0.3, -0.25) is 4.31 Å². The maximum Gasteiger partial charge on any atom is 0.265 e. The van der Waals surface area contributed by atoms with Crippen LogP contribution in [0.5, 0.6) is 5.75 Å². The first-order chi connectivity index (χ1) is 14.5. The van der Waals surface area contributed by atoms with E-state index >= 15 is 0 Å². The lowest BCUT2D eigenvalue weighted by Crippen LogP contribution is -2.39. The maximum atomic E-state index is 13.7. The Bertz CT molecular complexity index is 1220. The van der Waals surface area contributed by atoms with Gasteiger partial charge in [-0.25, -0.2) is 8.42 Å². The van der Waals surface area contributed by atoms with E-state index in [1.165, 1.54) is 4.31 Å². The van der Waals surface area contributed by atoms with Crippen LogP contribution in [0.4, 0.5) is 5.69 Å². The summed E-state index contributed by atoms with van der Waals surface area (Å²) >= 11 is 0. The van der Waals surface area contributed by atoms with E-state index in [0.29, 0.717) is 29.2 Å². The Kier molecular flexibility index (Phi) is 4.92. The highest BCUT2D eigenvalue weighted by atomic mass is 32.2. The Labute approximate surface area is 175 Å². The van der Waals surface area contributed by atoms with Crippen molar-refractivity contribution in [1.82, 2.24) is 0 Å². The lowest BCUT2D eigenvalue weighted by Gasteiger charge is -2.37. The van der Waals surface area contributed by atoms with E-state index in [9.17, 15) is 13.7 Å². The summed E-state index contributed by atoms with van der Waals surface area (Å²) in [5, 5.41) is 9.85. The van der Waals surface area contributed by atoms with E-state index in [2.05, 4.69) is 6.07 Å². The Morgan fingerprint density at radius 1 is 1.17 bits per heavy atom. The normalized spacial score (nSPS) is 19.5. The third-order valence-corrected chi connectivity index (χ3v) is 7.19. The quantitative estimate of drug-likeness (QED) is 0.808. The Morgan fingerprint density at radius 3 is 2.57 bits per heavy atom. The topological polar surface area (TPSA) is 106 Å². The molecule has 2 N–H and O–H groups in total. The highest BCUT2D eigenvalue weighted by Gasteiger charge is 2.47. The molecule has 30 heavy (non-hydrogen) atoms. The van der Waals surface area contributed by atoms with Gasteiger partial charge in [0, 0.05) is 17.7 Å². The summed E-state index contributed by atoms with van der Waals surface area (Å²) in [6.45, 7) is 4.23. The van der Waals surface area contributed by atoms with Crippen LogP contribution in [0.1, 0.15) is 30.9 Å². The molecular weight excluding hydrogens is 402 g/mol. The molecule has 4 rings (SSSR count). The van der Waals surface area contributed by atoms with Crippen molar-refractivity contribution in [3.63, 3.8) is 0 Å². The molecule has 0 fully saturated rings. The van der Waals surface area contributed by atoms with Gasteiger partial charge >= 0.3 is 0 Å². The molecule has 0 aliphatic carbocycles. The largest absolute Gasteiger partial charge is 0.494 e. The van der Waals surface area contributed by atoms with Gasteiger partial charge < -0.3 is 15.2 Å². The summed E-state index contributed by atoms with van der Waals surface area (Å²) in [5.41, 5.74) is 7.84. The molecule has 0 unspecified atom stereocenters. The molecule has 2 aliphatic rings. The second kappa shape index (κ2) is 7.43. The number of allylic oxidation sites excluding steroid dienone is 2. The number of hydrogen-bond acceptors (Lipinski definition) is 6. The number of sulfonamides is 1. The summed E-state index contributed by atoms with van der Waals surface area (Å²) in [5.74, 6) is -0.393. The van der Waals surface area contributed by atoms with E-state index in [1.807, 2.05) is 6.92 Å². The Balaban J connectivity index is 2.08. The summed E-state index contributed by atoms with van der Waals surface area (Å²) in [4.78, 5) is 0.000882. The van der Waals surface area contributed by atoms with Crippen molar-refractivity contribution in [3.05, 3.63) is 76.0 Å². The molecule has 154 valence electrons. The van der Waals surface area contributed by atoms with Crippen molar-refractivity contribution in [2.45, 2.75) is 19.8 Å². The van der Waals surface area contributed by atoms with Gasteiger partial charge in [0.2, 0.25) is 5.88 Å². The van der Waals surface area contributed by atoms with Gasteiger partial charge in [-0.1, -0.05) is 30.3 Å². The van der Waals surface area contributed by atoms with E-state index in [0.717, 1.165) is 0 Å². The highest BCUT2D eigenvalue weighted by molar-refractivity contribution is 7.97. The van der Waals surface area contributed by atoms with Crippen LogP contribution < -0.4 is 14.8 Å². The highest BCUT2D eigenvalue weighted by Crippen LogP contribution is 2.52. The number of anilines is 1. The zero-order valence-electron chi connectivity index (χ0n) is 16.6. The van der Waals surface area contributed by atoms with Crippen molar-refractivity contribution in [2.75, 3.05) is 17.5 Å². The van der Waals surface area contributed by atoms with Crippen LogP contribution >= 0.6 is 0 Å². The Morgan fingerprint density at radius 2 is 1.87 bits per heavy atom. The van der Waals surface area contributed by atoms with Crippen molar-refractivity contribution in [2.24, 2.45) is 5.73 Å². The molecular formula is C22H21N3O4S. The molecule has 2 aliphatic heterocycles. The van der Waals surface area contributed by atoms with Crippen molar-refractivity contribution < 1.29 is 17.9 Å². The maximum absolute atomic E-state index is 13.7. The molecule has 1 atom stereocenters. The molecule has 0 aromatic heterocycles. The van der Waals surface area contributed by atoms with E-state index in [4.69, 9.17) is 15.2 Å². The van der Waals surface area contributed by atoms with Gasteiger partial charge in [0.1, 0.15) is 22.3 Å². The minimum atomic E-state index is -3.99. The number of benzene rings is 2. The molecule has 2 aromatic carbocycles. The number of nitriles is 1. The van der Waals surface area contributed by atoms with Gasteiger partial charge in [0.25, 0.3) is 10.0 Å². The van der Waals surface area contributed by atoms with Gasteiger partial charge in [0.15, 0.2) is 5.76 Å². The molecule has 0 amide bonds. The van der Waals surface area contributed by atoms with Crippen LogP contribution in [-0.2, 0) is 14.8 Å². The van der Waals surface area contributed by atoms with Crippen LogP contribution in [0, 0.1) is 11.3 Å². The fourth-order valence-electron chi connectivity index (χ4n) is 3.97. The molecule has 2 heterocycles. The molecule has 0 radical (unpaired) electrons. The summed E-state index contributed by atoms with van der Waals surface area (Å²) < 4.78 is 40.3. The lowest BCUT2D eigenvalue weighted by atomic mass is 9.87. The van der Waals surface area contributed by atoms with Crippen LogP contribution in [0.15, 0.2) is 64.9 Å². The summed E-state index contributed by atoms with van der Waals surface area (Å²) in [7, 11) is -3.99. The zero-order chi connectivity index (χ0) is 21.5. The van der Waals surface area contributed by atoms with Gasteiger partial charge in [-0.15, -0.1) is 0 Å². The Hall–Kier alpha value is -3.44.